The second-order valence-corrected chi connectivity index (χ2v) is 11.2. The molecule has 0 bridgehead atoms. The van der Waals surface area contributed by atoms with Gasteiger partial charge < -0.3 is 9.13 Å². The maximum atomic E-state index is 9.22. The summed E-state index contributed by atoms with van der Waals surface area (Å²) in [5.74, 6) is 0.765. The number of fused-ring (bicyclic) bond motifs is 3. The number of hydrogen-bond acceptors (Lipinski definition) is 1. The molecule has 0 fully saturated rings. The number of para-hydroxylation sites is 1. The smallest absolute Gasteiger partial charge is 0.267 e. The van der Waals surface area contributed by atoms with E-state index in [1.54, 1.807) is 12.3 Å². The van der Waals surface area contributed by atoms with Crippen LogP contribution in [0.2, 0.25) is 0 Å². The van der Waals surface area contributed by atoms with Crippen molar-refractivity contribution in [3.05, 3.63) is 151 Å². The molecule has 4 aromatic carbocycles. The van der Waals surface area contributed by atoms with Gasteiger partial charge in [-0.2, -0.15) is 53.6 Å². The Morgan fingerprint density at radius 3 is 2.38 bits per heavy atom. The summed E-state index contributed by atoms with van der Waals surface area (Å²) >= 11 is 0. The Morgan fingerprint density at radius 1 is 0.810 bits per heavy atom. The number of pyridine rings is 1. The monoisotopic (exact) mass is 727 g/mol. The molecule has 0 aliphatic carbocycles. The van der Waals surface area contributed by atoms with E-state index in [1.807, 2.05) is 80.7 Å². The Balaban J connectivity index is 0.00000343. The van der Waals surface area contributed by atoms with Crippen molar-refractivity contribution in [2.45, 2.75) is 32.6 Å². The number of imidazole rings is 1. The molecule has 5 heteroatoms. The van der Waals surface area contributed by atoms with Crippen molar-refractivity contribution < 1.29 is 28.4 Å². The molecule has 3 aromatic heterocycles. The van der Waals surface area contributed by atoms with E-state index < -0.39 is 6.37 Å². The number of nitrogens with zero attached hydrogens (tertiary/aromatic N) is 4. The second-order valence-electron chi connectivity index (χ2n) is 11.2. The first-order valence-corrected chi connectivity index (χ1v) is 13.7. The topological polar surface area (TPSA) is 26.6 Å². The van der Waals surface area contributed by atoms with Crippen molar-refractivity contribution >= 4 is 21.8 Å². The van der Waals surface area contributed by atoms with Crippen LogP contribution in [0.4, 0.5) is 0 Å². The molecule has 7 rings (SSSR count). The summed E-state index contributed by atoms with van der Waals surface area (Å²) in [7, 11) is 0. The summed E-state index contributed by atoms with van der Waals surface area (Å²) in [5, 5.41) is 2.07. The summed E-state index contributed by atoms with van der Waals surface area (Å²) in [5.41, 5.74) is 5.71. The minimum atomic E-state index is -1.85. The van der Waals surface area contributed by atoms with Crippen molar-refractivity contribution in [2.75, 3.05) is 0 Å². The van der Waals surface area contributed by atoms with Gasteiger partial charge in [-0.3, -0.25) is 4.57 Å². The van der Waals surface area contributed by atoms with E-state index in [4.69, 9.17) is 0 Å². The molecule has 42 heavy (non-hydrogen) atoms. The summed E-state index contributed by atoms with van der Waals surface area (Å²) < 4.78 is 24.2. The van der Waals surface area contributed by atoms with E-state index in [0.717, 1.165) is 33.3 Å². The van der Waals surface area contributed by atoms with Crippen LogP contribution >= 0.6 is 0 Å². The molecule has 7 aromatic rings. The molecular formula is C37H30N4Pt-2. The van der Waals surface area contributed by atoms with Crippen LogP contribution in [0.25, 0.3) is 39.0 Å². The molecule has 0 atom stereocenters. The number of rotatable bonds is 5. The van der Waals surface area contributed by atoms with Gasteiger partial charge >= 0.3 is 0 Å². The Hall–Kier alpha value is -4.27. The summed E-state index contributed by atoms with van der Waals surface area (Å²) in [4.78, 5) is 4.59. The normalized spacial score (nSPS) is 12.6. The van der Waals surface area contributed by atoms with Crippen LogP contribution in [0.3, 0.4) is 0 Å². The molecule has 4 nitrogen and oxygen atoms in total. The zero-order valence-electron chi connectivity index (χ0n) is 25.6. The Bertz CT molecular complexity index is 2090. The fourth-order valence-electron chi connectivity index (χ4n) is 5.22. The largest absolute Gasteiger partial charge is 0.321 e. The minimum absolute atomic E-state index is 0. The third-order valence-corrected chi connectivity index (χ3v) is 7.36. The first-order valence-electron chi connectivity index (χ1n) is 14.7. The Morgan fingerprint density at radius 2 is 1.60 bits per heavy atom. The van der Waals surface area contributed by atoms with E-state index in [9.17, 15) is 2.74 Å². The maximum Gasteiger partial charge on any atom is 0.267 e. The van der Waals surface area contributed by atoms with Crippen molar-refractivity contribution in [1.82, 2.24) is 14.1 Å². The zero-order valence-corrected chi connectivity index (χ0v) is 25.8. The van der Waals surface area contributed by atoms with Gasteiger partial charge in [0.1, 0.15) is 5.82 Å². The number of aromatic nitrogens is 4. The van der Waals surface area contributed by atoms with E-state index in [0.29, 0.717) is 16.8 Å². The fourth-order valence-corrected chi connectivity index (χ4v) is 5.22. The van der Waals surface area contributed by atoms with Crippen LogP contribution in [0.15, 0.2) is 116 Å². The summed E-state index contributed by atoms with van der Waals surface area (Å²) in [6, 6.07) is 38.5. The second kappa shape index (κ2) is 11.2. The van der Waals surface area contributed by atoms with Crippen molar-refractivity contribution in [1.29, 1.82) is 0 Å². The van der Waals surface area contributed by atoms with Crippen LogP contribution in [-0.2, 0) is 32.9 Å². The molecule has 0 unspecified atom stereocenters. The quantitative estimate of drug-likeness (QED) is 0.133. The molecule has 0 saturated heterocycles. The minimum Gasteiger partial charge on any atom is -0.321 e. The molecule has 0 aliphatic heterocycles. The average Bonchev–Trinajstić information content (AvgIpc) is 3.65. The first kappa shape index (κ1) is 25.4. The molecule has 0 saturated carbocycles. The van der Waals surface area contributed by atoms with Gasteiger partial charge in [-0.15, -0.1) is 5.39 Å². The predicted molar refractivity (Wildman–Crippen MR) is 164 cm³/mol. The average molecular weight is 728 g/mol. The maximum absolute atomic E-state index is 9.22. The third-order valence-electron chi connectivity index (χ3n) is 7.36. The van der Waals surface area contributed by atoms with Gasteiger partial charge in [0.2, 0.25) is 0 Å². The van der Waals surface area contributed by atoms with E-state index >= 15 is 0 Å². The Kier molecular flexibility index (Phi) is 6.78. The van der Waals surface area contributed by atoms with Crippen LogP contribution in [-0.4, -0.2) is 14.1 Å². The van der Waals surface area contributed by atoms with Crippen LogP contribution in [0.1, 0.15) is 40.2 Å². The van der Waals surface area contributed by atoms with Crippen LogP contribution in [0.5, 0.6) is 0 Å². The molecule has 0 spiro atoms. The van der Waals surface area contributed by atoms with Gasteiger partial charge in [-0.25, -0.2) is 4.98 Å². The SMILES string of the molecule is [2H]C([2H])(c1[c-]c(-n2[c-][n+](-c3ccc(C(C)(C)C)cc3)cc2)ccc1)c1[c-]c2c(cc1)c1ccccc1n2-c1ccccn1.[Pt]. The number of benzene rings is 4. The van der Waals surface area contributed by atoms with E-state index in [-0.39, 0.29) is 26.5 Å². The third kappa shape index (κ3) is 5.23. The first-order chi connectivity index (χ1) is 20.7. The predicted octanol–water partition coefficient (Wildman–Crippen LogP) is 7.53. The molecule has 0 aliphatic rings. The fraction of sp³-hybridized carbons (Fsp3) is 0.135. The zero-order chi connectivity index (χ0) is 29.8. The van der Waals surface area contributed by atoms with Crippen molar-refractivity contribution in [2.24, 2.45) is 0 Å². The Labute approximate surface area is 264 Å². The van der Waals surface area contributed by atoms with Gasteiger partial charge in [0, 0.05) is 47.9 Å². The van der Waals surface area contributed by atoms with Gasteiger partial charge in [0.05, 0.1) is 5.69 Å². The van der Waals surface area contributed by atoms with Crippen molar-refractivity contribution in [3.8, 4) is 17.2 Å². The van der Waals surface area contributed by atoms with Crippen LogP contribution in [0, 0.1) is 18.5 Å². The molecular weight excluding hydrogens is 696 g/mol. The summed E-state index contributed by atoms with van der Waals surface area (Å²) in [6.45, 7) is 6.61. The van der Waals surface area contributed by atoms with Crippen molar-refractivity contribution in [3.63, 3.8) is 0 Å². The van der Waals surface area contributed by atoms with E-state index in [2.05, 4.69) is 80.6 Å². The molecule has 0 radical (unpaired) electrons. The van der Waals surface area contributed by atoms with Gasteiger partial charge in [-0.05, 0) is 58.8 Å². The van der Waals surface area contributed by atoms with Gasteiger partial charge in [0.25, 0.3) is 6.33 Å². The van der Waals surface area contributed by atoms with E-state index in [1.165, 1.54) is 5.56 Å². The molecule has 0 amide bonds. The van der Waals surface area contributed by atoms with Gasteiger partial charge in [0.15, 0.2) is 0 Å². The molecule has 210 valence electrons. The van der Waals surface area contributed by atoms with Gasteiger partial charge in [-0.1, -0.05) is 62.7 Å². The standard InChI is InChI=1S/C37H30N4.Pt/c1-37(2,3)29-15-17-30(18-16-29)39-21-22-40(26-39)31-10-8-9-27(24-31)23-28-14-19-33-32-11-4-5-12-34(32)41(35(33)25-28)36-13-6-7-20-38-36;/h4-22H,23H2,1-3H3;/q-2;/i23D2;. The molecule has 3 heterocycles. The van der Waals surface area contributed by atoms with Crippen LogP contribution < -0.4 is 4.57 Å². The number of hydrogen-bond donors (Lipinski definition) is 0. The summed E-state index contributed by atoms with van der Waals surface area (Å²) in [6.07, 6.45) is 7.12. The molecule has 0 N–H and O–H groups in total.